The van der Waals surface area contributed by atoms with Crippen molar-refractivity contribution in [1.82, 2.24) is 4.98 Å². The fraction of sp³-hybridized carbons (Fsp3) is 0.0625. The Labute approximate surface area is 149 Å². The molecule has 2 amide bonds. The van der Waals surface area contributed by atoms with E-state index in [9.17, 15) is 18.4 Å². The summed E-state index contributed by atoms with van der Waals surface area (Å²) in [6, 6.07) is 6.36. The molecule has 0 saturated carbocycles. The number of benzene rings is 1. The van der Waals surface area contributed by atoms with E-state index in [1.54, 1.807) is 22.9 Å². The summed E-state index contributed by atoms with van der Waals surface area (Å²) < 4.78 is 26.4. The van der Waals surface area contributed by atoms with E-state index in [1.807, 2.05) is 0 Å². The van der Waals surface area contributed by atoms with Crippen molar-refractivity contribution in [2.75, 3.05) is 10.6 Å². The number of amides is 2. The first-order valence-corrected chi connectivity index (χ1v) is 8.81. The fourth-order valence-electron chi connectivity index (χ4n) is 1.96. The maximum Gasteiger partial charge on any atom is 0.267 e. The third-order valence-electron chi connectivity index (χ3n) is 3.06. The summed E-state index contributed by atoms with van der Waals surface area (Å²) >= 11 is 2.50. The minimum Gasteiger partial charge on any atom is -0.323 e. The predicted octanol–water partition coefficient (Wildman–Crippen LogP) is 3.92. The fourth-order valence-corrected chi connectivity index (χ4v) is 3.29. The van der Waals surface area contributed by atoms with Gasteiger partial charge in [-0.3, -0.25) is 14.9 Å². The van der Waals surface area contributed by atoms with Crippen molar-refractivity contribution in [2.24, 2.45) is 0 Å². The number of hydrogen-bond acceptors (Lipinski definition) is 5. The number of aromatic nitrogens is 1. The Morgan fingerprint density at radius 2 is 1.96 bits per heavy atom. The van der Waals surface area contributed by atoms with Crippen molar-refractivity contribution < 1.29 is 18.4 Å². The quantitative estimate of drug-likeness (QED) is 0.706. The molecule has 0 fully saturated rings. The van der Waals surface area contributed by atoms with Gasteiger partial charge in [-0.25, -0.2) is 13.8 Å². The molecular formula is C16H11F2N3O2S2. The molecular weight excluding hydrogens is 368 g/mol. The van der Waals surface area contributed by atoms with Crippen molar-refractivity contribution in [2.45, 2.75) is 6.42 Å². The van der Waals surface area contributed by atoms with Crippen molar-refractivity contribution >= 4 is 45.3 Å². The number of carbonyl (C=O) groups is 2. The Morgan fingerprint density at radius 3 is 2.68 bits per heavy atom. The van der Waals surface area contributed by atoms with Crippen LogP contribution >= 0.6 is 22.7 Å². The molecule has 25 heavy (non-hydrogen) atoms. The molecule has 3 rings (SSSR count). The molecule has 0 spiro atoms. The zero-order valence-corrected chi connectivity index (χ0v) is 14.2. The van der Waals surface area contributed by atoms with Crippen LogP contribution in [0.1, 0.15) is 15.4 Å². The van der Waals surface area contributed by atoms with Crippen LogP contribution in [-0.2, 0) is 11.2 Å². The third-order valence-corrected chi connectivity index (χ3v) is 4.74. The summed E-state index contributed by atoms with van der Waals surface area (Å²) in [6.07, 6.45) is -0.0951. The average molecular weight is 379 g/mol. The molecule has 1 aromatic carbocycles. The largest absolute Gasteiger partial charge is 0.323 e. The van der Waals surface area contributed by atoms with Gasteiger partial charge in [0.15, 0.2) is 5.13 Å². The normalized spacial score (nSPS) is 10.5. The highest BCUT2D eigenvalue weighted by atomic mass is 32.1. The van der Waals surface area contributed by atoms with Crippen LogP contribution < -0.4 is 10.6 Å². The Morgan fingerprint density at radius 1 is 1.12 bits per heavy atom. The SMILES string of the molecule is O=C(Cc1csc(NC(=O)c2cccs2)n1)Nc1ccc(F)cc1F. The molecule has 9 heteroatoms. The van der Waals surface area contributed by atoms with Crippen LogP contribution in [0.15, 0.2) is 41.1 Å². The summed E-state index contributed by atoms with van der Waals surface area (Å²) in [4.78, 5) is 28.6. The maximum absolute atomic E-state index is 13.5. The summed E-state index contributed by atoms with van der Waals surface area (Å²) in [5, 5.41) is 8.80. The Bertz CT molecular complexity index is 910. The topological polar surface area (TPSA) is 71.1 Å². The van der Waals surface area contributed by atoms with Crippen molar-refractivity contribution in [1.29, 1.82) is 0 Å². The van der Waals surface area contributed by atoms with Crippen LogP contribution in [0, 0.1) is 11.6 Å². The smallest absolute Gasteiger partial charge is 0.267 e. The molecule has 3 aromatic rings. The second-order valence-electron chi connectivity index (χ2n) is 4.92. The van der Waals surface area contributed by atoms with E-state index in [0.29, 0.717) is 21.8 Å². The first kappa shape index (κ1) is 17.2. The third kappa shape index (κ3) is 4.46. The van der Waals surface area contributed by atoms with Gasteiger partial charge >= 0.3 is 0 Å². The van der Waals surface area contributed by atoms with Crippen LogP contribution in [0.25, 0.3) is 0 Å². The molecule has 2 N–H and O–H groups in total. The number of nitrogens with one attached hydrogen (secondary N) is 2. The second kappa shape index (κ2) is 7.49. The van der Waals surface area contributed by atoms with Gasteiger partial charge < -0.3 is 5.32 Å². The molecule has 0 unspecified atom stereocenters. The molecule has 2 aromatic heterocycles. The van der Waals surface area contributed by atoms with Crippen molar-refractivity contribution in [3.8, 4) is 0 Å². The van der Waals surface area contributed by atoms with Crippen LogP contribution in [0.3, 0.4) is 0 Å². The van der Waals surface area contributed by atoms with Gasteiger partial charge in [0, 0.05) is 11.4 Å². The second-order valence-corrected chi connectivity index (χ2v) is 6.73. The van der Waals surface area contributed by atoms with Crippen LogP contribution in [-0.4, -0.2) is 16.8 Å². The number of carbonyl (C=O) groups excluding carboxylic acids is 2. The standard InChI is InChI=1S/C16H11F2N3O2S2/c17-9-3-4-12(11(18)6-9)20-14(22)7-10-8-25-16(19-10)21-15(23)13-2-1-5-24-13/h1-6,8H,7H2,(H,20,22)(H,19,21,23). The number of anilines is 2. The van der Waals surface area contributed by atoms with Crippen molar-refractivity contribution in [3.63, 3.8) is 0 Å². The van der Waals surface area contributed by atoms with Gasteiger partial charge in [-0.2, -0.15) is 0 Å². The zero-order chi connectivity index (χ0) is 17.8. The Kier molecular flexibility index (Phi) is 5.15. The van der Waals surface area contributed by atoms with E-state index in [1.165, 1.54) is 22.7 Å². The predicted molar refractivity (Wildman–Crippen MR) is 93.1 cm³/mol. The molecule has 0 aliphatic rings. The summed E-state index contributed by atoms with van der Waals surface area (Å²) in [6.45, 7) is 0. The van der Waals surface area contributed by atoms with Crippen LogP contribution in [0.5, 0.6) is 0 Å². The molecule has 5 nitrogen and oxygen atoms in total. The van der Waals surface area contributed by atoms with Gasteiger partial charge in [-0.05, 0) is 23.6 Å². The summed E-state index contributed by atoms with van der Waals surface area (Å²) in [5.74, 6) is -2.34. The van der Waals surface area contributed by atoms with Crippen LogP contribution in [0.4, 0.5) is 19.6 Å². The van der Waals surface area contributed by atoms with E-state index in [2.05, 4.69) is 15.6 Å². The Balaban J connectivity index is 1.59. The van der Waals surface area contributed by atoms with Gasteiger partial charge in [0.25, 0.3) is 5.91 Å². The van der Waals surface area contributed by atoms with Gasteiger partial charge in [0.05, 0.1) is 22.7 Å². The number of halogens is 2. The number of hydrogen-bond donors (Lipinski definition) is 2. The Hall–Kier alpha value is -2.65. The van der Waals surface area contributed by atoms with Gasteiger partial charge in [-0.15, -0.1) is 22.7 Å². The maximum atomic E-state index is 13.5. The van der Waals surface area contributed by atoms with Gasteiger partial charge in [-0.1, -0.05) is 6.07 Å². The van der Waals surface area contributed by atoms with Crippen molar-refractivity contribution in [3.05, 3.63) is 63.3 Å². The highest BCUT2D eigenvalue weighted by molar-refractivity contribution is 7.14. The number of rotatable bonds is 5. The van der Waals surface area contributed by atoms with E-state index in [4.69, 9.17) is 0 Å². The monoisotopic (exact) mass is 379 g/mol. The minimum absolute atomic E-state index is 0.0951. The lowest BCUT2D eigenvalue weighted by atomic mass is 10.2. The average Bonchev–Trinajstić information content (AvgIpc) is 3.22. The first-order chi connectivity index (χ1) is 12.0. The zero-order valence-electron chi connectivity index (χ0n) is 12.6. The molecule has 0 atom stereocenters. The lowest BCUT2D eigenvalue weighted by Gasteiger charge is -2.05. The summed E-state index contributed by atoms with van der Waals surface area (Å²) in [7, 11) is 0. The highest BCUT2D eigenvalue weighted by Gasteiger charge is 2.13. The van der Waals surface area contributed by atoms with E-state index in [-0.39, 0.29) is 18.0 Å². The minimum atomic E-state index is -0.851. The van der Waals surface area contributed by atoms with E-state index >= 15 is 0 Å². The molecule has 2 heterocycles. The van der Waals surface area contributed by atoms with E-state index < -0.39 is 17.5 Å². The summed E-state index contributed by atoms with van der Waals surface area (Å²) in [5.41, 5.74) is 0.333. The number of thiophene rings is 1. The molecule has 0 saturated heterocycles. The molecule has 0 bridgehead atoms. The lowest BCUT2D eigenvalue weighted by Crippen LogP contribution is -2.16. The highest BCUT2D eigenvalue weighted by Crippen LogP contribution is 2.19. The number of thiazole rings is 1. The van der Waals surface area contributed by atoms with Crippen LogP contribution in [0.2, 0.25) is 0 Å². The molecule has 0 aliphatic heterocycles. The van der Waals surface area contributed by atoms with Gasteiger partial charge in [0.2, 0.25) is 5.91 Å². The molecule has 0 radical (unpaired) electrons. The van der Waals surface area contributed by atoms with Gasteiger partial charge in [0.1, 0.15) is 11.6 Å². The molecule has 0 aliphatic carbocycles. The lowest BCUT2D eigenvalue weighted by molar-refractivity contribution is -0.115. The number of nitrogens with zero attached hydrogens (tertiary/aromatic N) is 1. The molecule has 128 valence electrons. The first-order valence-electron chi connectivity index (χ1n) is 7.05. The van der Waals surface area contributed by atoms with E-state index in [0.717, 1.165) is 12.1 Å².